The number of aryl methyl sites for hydroxylation is 2. The molecule has 4 nitrogen and oxygen atoms in total. The highest BCUT2D eigenvalue weighted by atomic mass is 32.1. The van der Waals surface area contributed by atoms with Crippen molar-refractivity contribution in [2.45, 2.75) is 44.8 Å². The number of pyridine rings is 1. The number of hydrogen-bond acceptors (Lipinski definition) is 2. The Hall–Kier alpha value is -1.88. The Balaban J connectivity index is 1.69. The van der Waals surface area contributed by atoms with Crippen molar-refractivity contribution in [3.63, 3.8) is 0 Å². The highest BCUT2D eigenvalue weighted by Crippen LogP contribution is 2.24. The van der Waals surface area contributed by atoms with Gasteiger partial charge >= 0.3 is 0 Å². The zero-order chi connectivity index (χ0) is 16.0. The predicted octanol–water partition coefficient (Wildman–Crippen LogP) is 2.42. The highest BCUT2D eigenvalue weighted by Gasteiger charge is 2.23. The average Bonchev–Trinajstić information content (AvgIpc) is 3.36. The monoisotopic (exact) mass is 327 g/mol. The molecule has 0 radical (unpaired) electrons. The number of nitrogens with zero attached hydrogens (tertiary/aromatic N) is 2. The van der Waals surface area contributed by atoms with Crippen LogP contribution in [0.1, 0.15) is 30.4 Å². The number of benzene rings is 1. The number of para-hydroxylation sites is 1. The van der Waals surface area contributed by atoms with Crippen molar-refractivity contribution in [3.05, 3.63) is 45.7 Å². The van der Waals surface area contributed by atoms with Gasteiger partial charge in [0.2, 0.25) is 0 Å². The van der Waals surface area contributed by atoms with Gasteiger partial charge in [-0.15, -0.1) is 0 Å². The second kappa shape index (κ2) is 5.64. The van der Waals surface area contributed by atoms with Gasteiger partial charge in [-0.1, -0.05) is 18.2 Å². The topological polar surface area (TPSA) is 37.3 Å². The molecule has 1 aliphatic heterocycles. The molecule has 0 saturated heterocycles. The van der Waals surface area contributed by atoms with E-state index in [-0.39, 0.29) is 5.56 Å². The van der Waals surface area contributed by atoms with Crippen LogP contribution in [0.2, 0.25) is 0 Å². The Morgan fingerprint density at radius 2 is 2.26 bits per heavy atom. The third-order valence-corrected chi connectivity index (χ3v) is 5.19. The first-order valence-electron chi connectivity index (χ1n) is 8.29. The van der Waals surface area contributed by atoms with Gasteiger partial charge in [-0.05, 0) is 54.9 Å². The highest BCUT2D eigenvalue weighted by molar-refractivity contribution is 7.80. The van der Waals surface area contributed by atoms with Crippen LogP contribution in [0.25, 0.3) is 10.9 Å². The number of aromatic nitrogens is 1. The van der Waals surface area contributed by atoms with Crippen molar-refractivity contribution in [1.29, 1.82) is 0 Å². The molecule has 1 aromatic heterocycles. The first-order valence-corrected chi connectivity index (χ1v) is 8.70. The van der Waals surface area contributed by atoms with E-state index in [0.717, 1.165) is 41.0 Å². The molecular weight excluding hydrogens is 306 g/mol. The molecule has 0 spiro atoms. The van der Waals surface area contributed by atoms with Gasteiger partial charge in [0.15, 0.2) is 5.11 Å². The first-order chi connectivity index (χ1) is 11.1. The van der Waals surface area contributed by atoms with Crippen LogP contribution in [0.3, 0.4) is 0 Å². The second-order valence-corrected chi connectivity index (χ2v) is 7.05. The molecule has 1 fully saturated rings. The molecule has 1 aliphatic carbocycles. The molecule has 1 saturated carbocycles. The summed E-state index contributed by atoms with van der Waals surface area (Å²) in [6.45, 7) is 1.37. The van der Waals surface area contributed by atoms with Crippen molar-refractivity contribution < 1.29 is 0 Å². The lowest BCUT2D eigenvalue weighted by molar-refractivity contribution is 0.481. The molecule has 0 atom stereocenters. The molecule has 1 aromatic carbocycles. The maximum absolute atomic E-state index is 12.9. The second-order valence-electron chi connectivity index (χ2n) is 6.66. The van der Waals surface area contributed by atoms with Gasteiger partial charge in [0.25, 0.3) is 5.56 Å². The Bertz CT molecular complexity index is 838. The van der Waals surface area contributed by atoms with Gasteiger partial charge in [-0.2, -0.15) is 0 Å². The van der Waals surface area contributed by atoms with Crippen molar-refractivity contribution >= 4 is 28.2 Å². The molecule has 1 N–H and O–H groups in total. The fourth-order valence-corrected chi connectivity index (χ4v) is 3.61. The van der Waals surface area contributed by atoms with Crippen LogP contribution in [0.5, 0.6) is 0 Å². The van der Waals surface area contributed by atoms with Crippen molar-refractivity contribution in [2.24, 2.45) is 0 Å². The van der Waals surface area contributed by atoms with Gasteiger partial charge in [0.05, 0.1) is 12.1 Å². The van der Waals surface area contributed by atoms with Crippen molar-refractivity contribution in [1.82, 2.24) is 14.8 Å². The lowest BCUT2D eigenvalue weighted by Gasteiger charge is -2.24. The average molecular weight is 327 g/mol. The lowest BCUT2D eigenvalue weighted by Crippen LogP contribution is -2.39. The number of nitrogens with one attached hydrogen (secondary N) is 1. The molecule has 2 heterocycles. The summed E-state index contributed by atoms with van der Waals surface area (Å²) < 4.78 is 1.95. The fourth-order valence-electron chi connectivity index (χ4n) is 3.38. The zero-order valence-corrected chi connectivity index (χ0v) is 14.2. The van der Waals surface area contributed by atoms with E-state index in [9.17, 15) is 4.79 Å². The van der Waals surface area contributed by atoms with Crippen LogP contribution in [0, 0.1) is 0 Å². The summed E-state index contributed by atoms with van der Waals surface area (Å²) in [5.41, 5.74) is 3.36. The Labute approximate surface area is 141 Å². The number of thiocarbonyl (C=S) groups is 1. The molecule has 4 rings (SSSR count). The normalized spacial score (nSPS) is 16.4. The third-order valence-electron chi connectivity index (χ3n) is 4.76. The van der Waals surface area contributed by atoms with Crippen LogP contribution in [0.15, 0.2) is 29.1 Å². The van der Waals surface area contributed by atoms with E-state index >= 15 is 0 Å². The van der Waals surface area contributed by atoms with E-state index in [1.54, 1.807) is 0 Å². The summed E-state index contributed by atoms with van der Waals surface area (Å²) in [4.78, 5) is 14.8. The minimum atomic E-state index is 0.130. The van der Waals surface area contributed by atoms with Crippen molar-refractivity contribution in [3.8, 4) is 0 Å². The standard InChI is InChI=1S/C18H21N3OS/c1-20(18(23)19-15-7-8-15)11-14-10-13-5-2-4-12-6-3-9-21(16(12)13)17(14)22/h2,4-5,10,15H,3,6-9,11H2,1H3,(H,19,23). The molecule has 0 bridgehead atoms. The van der Waals surface area contributed by atoms with E-state index in [2.05, 4.69) is 23.5 Å². The summed E-state index contributed by atoms with van der Waals surface area (Å²) in [5.74, 6) is 0. The summed E-state index contributed by atoms with van der Waals surface area (Å²) in [5, 5.41) is 5.22. The molecule has 23 heavy (non-hydrogen) atoms. The van der Waals surface area contributed by atoms with Crippen LogP contribution in [-0.2, 0) is 19.5 Å². The van der Waals surface area contributed by atoms with Gasteiger partial charge in [-0.3, -0.25) is 4.79 Å². The van der Waals surface area contributed by atoms with E-state index in [0.29, 0.717) is 12.6 Å². The molecular formula is C18H21N3OS. The van der Waals surface area contributed by atoms with E-state index in [1.165, 1.54) is 18.4 Å². The zero-order valence-electron chi connectivity index (χ0n) is 13.3. The van der Waals surface area contributed by atoms with Crippen molar-refractivity contribution in [2.75, 3.05) is 7.05 Å². The van der Waals surface area contributed by atoms with Gasteiger partial charge in [0.1, 0.15) is 0 Å². The van der Waals surface area contributed by atoms with Crippen LogP contribution < -0.4 is 10.9 Å². The maximum atomic E-state index is 12.9. The summed E-state index contributed by atoms with van der Waals surface area (Å²) >= 11 is 5.43. The molecule has 2 aliphatic rings. The first kappa shape index (κ1) is 14.7. The number of rotatable bonds is 3. The Morgan fingerprint density at radius 1 is 1.43 bits per heavy atom. The number of hydrogen-bond donors (Lipinski definition) is 1. The summed E-state index contributed by atoms with van der Waals surface area (Å²) in [6, 6.07) is 8.90. The SMILES string of the molecule is CN(Cc1cc2cccc3c2n(c1=O)CCC3)C(=S)NC1CC1. The van der Waals surface area contributed by atoms with E-state index in [4.69, 9.17) is 12.2 Å². The quantitative estimate of drug-likeness (QED) is 0.879. The minimum absolute atomic E-state index is 0.130. The largest absolute Gasteiger partial charge is 0.360 e. The Kier molecular flexibility index (Phi) is 3.60. The lowest BCUT2D eigenvalue weighted by atomic mass is 10.00. The predicted molar refractivity (Wildman–Crippen MR) is 96.8 cm³/mol. The summed E-state index contributed by atoms with van der Waals surface area (Å²) in [7, 11) is 1.95. The van der Waals surface area contributed by atoms with E-state index < -0.39 is 0 Å². The summed E-state index contributed by atoms with van der Waals surface area (Å²) in [6.07, 6.45) is 4.48. The molecule has 0 amide bonds. The van der Waals surface area contributed by atoms with Gasteiger partial charge < -0.3 is 14.8 Å². The van der Waals surface area contributed by atoms with Crippen LogP contribution in [0.4, 0.5) is 0 Å². The fraction of sp³-hybridized carbons (Fsp3) is 0.444. The smallest absolute Gasteiger partial charge is 0.256 e. The van der Waals surface area contributed by atoms with E-state index in [1.807, 2.05) is 22.6 Å². The minimum Gasteiger partial charge on any atom is -0.360 e. The molecule has 120 valence electrons. The molecule has 0 unspecified atom stereocenters. The van der Waals surface area contributed by atoms with Crippen LogP contribution in [-0.4, -0.2) is 27.7 Å². The Morgan fingerprint density at radius 3 is 3.04 bits per heavy atom. The molecule has 5 heteroatoms. The van der Waals surface area contributed by atoms with Crippen LogP contribution >= 0.6 is 12.2 Å². The maximum Gasteiger partial charge on any atom is 0.256 e. The molecule has 2 aromatic rings. The third kappa shape index (κ3) is 2.74. The van der Waals surface area contributed by atoms with Gasteiger partial charge in [0, 0.05) is 25.2 Å². The van der Waals surface area contributed by atoms with Gasteiger partial charge in [-0.25, -0.2) is 0 Å².